The molecule has 3 unspecified atom stereocenters. The number of hydrogen-bond donors (Lipinski definition) is 0. The summed E-state index contributed by atoms with van der Waals surface area (Å²) in [6.45, 7) is 2.20. The van der Waals surface area contributed by atoms with Crippen molar-refractivity contribution in [1.29, 1.82) is 0 Å². The number of hydrogen-bond acceptors (Lipinski definition) is 5. The van der Waals surface area contributed by atoms with Crippen molar-refractivity contribution in [3.05, 3.63) is 11.6 Å². The summed E-state index contributed by atoms with van der Waals surface area (Å²) in [5.41, 5.74) is 0.990. The molecule has 2 rings (SSSR count). The summed E-state index contributed by atoms with van der Waals surface area (Å²) >= 11 is 3.22. The maximum Gasteiger partial charge on any atom is 0.323 e. The van der Waals surface area contributed by atoms with E-state index in [-0.39, 0.29) is 27.5 Å². The van der Waals surface area contributed by atoms with Gasteiger partial charge in [0.05, 0.1) is 17.1 Å². The van der Waals surface area contributed by atoms with Crippen molar-refractivity contribution in [3.8, 4) is 0 Å². The zero-order valence-corrected chi connectivity index (χ0v) is 11.6. The molecule has 0 radical (unpaired) electrons. The lowest BCUT2D eigenvalue weighted by Crippen LogP contribution is -2.27. The fraction of sp³-hybridized carbons (Fsp3) is 0.667. The smallest absolute Gasteiger partial charge is 0.323 e. The first-order chi connectivity index (χ1) is 8.19. The zero-order valence-electron chi connectivity index (χ0n) is 9.97. The summed E-state index contributed by atoms with van der Waals surface area (Å²) in [5, 5.41) is -0.262. The Labute approximate surface area is 110 Å². The summed E-state index contributed by atoms with van der Waals surface area (Å²) in [6, 6.07) is 0. The van der Waals surface area contributed by atoms with Crippen LogP contribution in [0.4, 0.5) is 0 Å². The monoisotopic (exact) mass is 272 g/mol. The van der Waals surface area contributed by atoms with Crippen LogP contribution >= 0.6 is 23.5 Å². The van der Waals surface area contributed by atoms with Crippen molar-refractivity contribution in [1.82, 2.24) is 0 Å². The van der Waals surface area contributed by atoms with Gasteiger partial charge in [0.1, 0.15) is 11.0 Å². The lowest BCUT2D eigenvalue weighted by atomic mass is 9.86. The van der Waals surface area contributed by atoms with E-state index in [0.717, 1.165) is 12.0 Å². The number of esters is 1. The molecule has 0 spiro atoms. The van der Waals surface area contributed by atoms with E-state index in [1.165, 1.54) is 0 Å². The normalized spacial score (nSPS) is 32.0. The minimum Gasteiger partial charge on any atom is -0.465 e. The second kappa shape index (κ2) is 5.48. The van der Waals surface area contributed by atoms with Gasteiger partial charge in [0, 0.05) is 6.42 Å². The number of carbonyl (C=O) groups excluding carboxylic acids is 2. The summed E-state index contributed by atoms with van der Waals surface area (Å²) in [5.74, 6) is 0.0132. The molecule has 1 saturated heterocycles. The number of allylic oxidation sites excluding steroid dienone is 1. The zero-order chi connectivity index (χ0) is 12.4. The Morgan fingerprint density at radius 1 is 1.65 bits per heavy atom. The van der Waals surface area contributed by atoms with Gasteiger partial charge >= 0.3 is 5.97 Å². The SMILES string of the molecule is CCOC(=O)C1SC(SC)C2C(=O)CCC=C12. The lowest BCUT2D eigenvalue weighted by molar-refractivity contribution is -0.141. The molecule has 0 aromatic heterocycles. The Bertz CT molecular complexity index is 365. The van der Waals surface area contributed by atoms with Crippen LogP contribution in [0.3, 0.4) is 0 Å². The Hall–Kier alpha value is -0.420. The van der Waals surface area contributed by atoms with Gasteiger partial charge < -0.3 is 4.74 Å². The Morgan fingerprint density at radius 3 is 3.06 bits per heavy atom. The first-order valence-corrected chi connectivity index (χ1v) is 7.99. The predicted molar refractivity (Wildman–Crippen MR) is 71.1 cm³/mol. The van der Waals surface area contributed by atoms with Gasteiger partial charge in [-0.2, -0.15) is 0 Å². The summed E-state index contributed by atoms with van der Waals surface area (Å²) in [4.78, 5) is 23.8. The lowest BCUT2D eigenvalue weighted by Gasteiger charge is -2.20. The van der Waals surface area contributed by atoms with Crippen LogP contribution in [0.25, 0.3) is 0 Å². The van der Waals surface area contributed by atoms with E-state index in [2.05, 4.69) is 6.08 Å². The number of fused-ring (bicyclic) bond motifs is 1. The second-order valence-corrected chi connectivity index (χ2v) is 6.59. The summed E-state index contributed by atoms with van der Waals surface area (Å²) in [7, 11) is 0. The van der Waals surface area contributed by atoms with Crippen molar-refractivity contribution in [2.75, 3.05) is 12.9 Å². The minimum atomic E-state index is -0.262. The Kier molecular flexibility index (Phi) is 4.20. The van der Waals surface area contributed by atoms with Crippen molar-refractivity contribution in [3.63, 3.8) is 0 Å². The van der Waals surface area contributed by atoms with E-state index in [4.69, 9.17) is 4.74 Å². The van der Waals surface area contributed by atoms with Crippen molar-refractivity contribution in [2.45, 2.75) is 29.6 Å². The Balaban J connectivity index is 2.23. The number of rotatable bonds is 3. The van der Waals surface area contributed by atoms with Crippen LogP contribution in [0.2, 0.25) is 0 Å². The summed E-state index contributed by atoms with van der Waals surface area (Å²) < 4.78 is 5.25. The van der Waals surface area contributed by atoms with Gasteiger partial charge in [-0.05, 0) is 25.2 Å². The minimum absolute atomic E-state index is 0.0712. The molecule has 0 aromatic carbocycles. The molecule has 17 heavy (non-hydrogen) atoms. The third kappa shape index (κ3) is 2.40. The highest BCUT2D eigenvalue weighted by Crippen LogP contribution is 2.50. The van der Waals surface area contributed by atoms with Crippen LogP contribution in [-0.4, -0.2) is 34.4 Å². The van der Waals surface area contributed by atoms with Crippen LogP contribution in [0, 0.1) is 5.92 Å². The van der Waals surface area contributed by atoms with Gasteiger partial charge in [0.2, 0.25) is 0 Å². The van der Waals surface area contributed by atoms with Crippen LogP contribution in [0.15, 0.2) is 11.6 Å². The molecule has 0 N–H and O–H groups in total. The molecule has 1 aliphatic carbocycles. The van der Waals surface area contributed by atoms with Crippen LogP contribution in [0.5, 0.6) is 0 Å². The van der Waals surface area contributed by atoms with Crippen LogP contribution in [-0.2, 0) is 14.3 Å². The largest absolute Gasteiger partial charge is 0.465 e. The topological polar surface area (TPSA) is 43.4 Å². The average molecular weight is 272 g/mol. The molecule has 1 heterocycles. The van der Waals surface area contributed by atoms with E-state index in [1.54, 1.807) is 23.5 Å². The number of ketones is 1. The maximum atomic E-state index is 12.0. The van der Waals surface area contributed by atoms with Crippen LogP contribution < -0.4 is 0 Å². The molecule has 94 valence electrons. The molecule has 3 nitrogen and oxygen atoms in total. The first-order valence-electron chi connectivity index (χ1n) is 5.76. The highest BCUT2D eigenvalue weighted by atomic mass is 32.2. The molecular weight excluding hydrogens is 256 g/mol. The van der Waals surface area contributed by atoms with E-state index in [0.29, 0.717) is 13.0 Å². The third-order valence-electron chi connectivity index (χ3n) is 3.05. The fourth-order valence-corrected chi connectivity index (χ4v) is 4.99. The number of thioether (sulfide) groups is 2. The number of Topliss-reactive ketones (excluding diaryl/α,β-unsaturated/α-hetero) is 1. The second-order valence-electron chi connectivity index (χ2n) is 4.06. The van der Waals surface area contributed by atoms with Gasteiger partial charge in [-0.3, -0.25) is 9.59 Å². The van der Waals surface area contributed by atoms with Crippen molar-refractivity contribution >= 4 is 35.3 Å². The van der Waals surface area contributed by atoms with Gasteiger partial charge in [-0.1, -0.05) is 6.08 Å². The summed E-state index contributed by atoms with van der Waals surface area (Å²) in [6.07, 6.45) is 5.44. The molecule has 0 saturated carbocycles. The van der Waals surface area contributed by atoms with Crippen molar-refractivity contribution in [2.24, 2.45) is 5.92 Å². The first kappa shape index (κ1) is 13.0. The molecular formula is C12H16O3S2. The molecule has 5 heteroatoms. The van der Waals surface area contributed by atoms with Gasteiger partial charge in [-0.15, -0.1) is 23.5 Å². The molecule has 0 amide bonds. The molecule has 1 fully saturated rings. The van der Waals surface area contributed by atoms with Gasteiger partial charge in [0.15, 0.2) is 0 Å². The molecule has 1 aliphatic heterocycles. The van der Waals surface area contributed by atoms with Crippen molar-refractivity contribution < 1.29 is 14.3 Å². The van der Waals surface area contributed by atoms with E-state index < -0.39 is 0 Å². The highest BCUT2D eigenvalue weighted by molar-refractivity contribution is 8.17. The molecule has 3 atom stereocenters. The predicted octanol–water partition coefficient (Wildman–Crippen LogP) is 2.26. The Morgan fingerprint density at radius 2 is 2.41 bits per heavy atom. The quantitative estimate of drug-likeness (QED) is 0.582. The van der Waals surface area contributed by atoms with Crippen LogP contribution in [0.1, 0.15) is 19.8 Å². The molecule has 2 aliphatic rings. The van der Waals surface area contributed by atoms with E-state index >= 15 is 0 Å². The number of ether oxygens (including phenoxy) is 1. The maximum absolute atomic E-state index is 12.0. The van der Waals surface area contributed by atoms with Gasteiger partial charge in [0.25, 0.3) is 0 Å². The number of carbonyl (C=O) groups is 2. The molecule has 0 bridgehead atoms. The van der Waals surface area contributed by atoms with E-state index in [9.17, 15) is 9.59 Å². The fourth-order valence-electron chi connectivity index (χ4n) is 2.32. The average Bonchev–Trinajstić information content (AvgIpc) is 2.69. The molecule has 0 aromatic rings. The van der Waals surface area contributed by atoms with E-state index in [1.807, 2.05) is 13.2 Å². The highest BCUT2D eigenvalue weighted by Gasteiger charge is 2.47. The van der Waals surface area contributed by atoms with Gasteiger partial charge in [-0.25, -0.2) is 0 Å². The third-order valence-corrected chi connectivity index (χ3v) is 5.98. The standard InChI is InChI=1S/C12H16O3S2/c1-3-15-11(14)10-7-5-4-6-8(13)9(7)12(16-2)17-10/h5,9-10,12H,3-4,6H2,1-2H3.